The van der Waals surface area contributed by atoms with E-state index < -0.39 is 0 Å². The molecule has 0 unspecified atom stereocenters. The van der Waals surface area contributed by atoms with Gasteiger partial charge in [-0.05, 0) is 29.6 Å². The number of aromatic nitrogens is 4. The molecule has 2 N–H and O–H groups in total. The summed E-state index contributed by atoms with van der Waals surface area (Å²) in [6.45, 7) is 0. The Morgan fingerprint density at radius 1 is 0.966 bits per heavy atom. The maximum atomic E-state index is 12.6. The van der Waals surface area contributed by atoms with Gasteiger partial charge in [-0.1, -0.05) is 36.4 Å². The maximum Gasteiger partial charge on any atom is 0.258 e. The summed E-state index contributed by atoms with van der Waals surface area (Å²) in [5, 5.41) is 4.90. The molecule has 0 aliphatic heterocycles. The number of aromatic amines is 1. The third kappa shape index (κ3) is 3.51. The van der Waals surface area contributed by atoms with Crippen LogP contribution in [-0.4, -0.2) is 25.8 Å². The molecule has 0 saturated carbocycles. The highest BCUT2D eigenvalue weighted by Gasteiger charge is 2.11. The van der Waals surface area contributed by atoms with Crippen LogP contribution >= 0.6 is 11.3 Å². The highest BCUT2D eigenvalue weighted by atomic mass is 32.1. The quantitative estimate of drug-likeness (QED) is 0.447. The Hall–Kier alpha value is -3.84. The van der Waals surface area contributed by atoms with Crippen LogP contribution in [0.15, 0.2) is 78.4 Å². The number of anilines is 1. The van der Waals surface area contributed by atoms with E-state index in [1.165, 1.54) is 12.4 Å². The van der Waals surface area contributed by atoms with Gasteiger partial charge in [0.1, 0.15) is 5.82 Å². The van der Waals surface area contributed by atoms with Crippen LogP contribution in [0.3, 0.4) is 0 Å². The second-order valence-corrected chi connectivity index (χ2v) is 7.36. The Labute approximate surface area is 170 Å². The number of carbonyl (C=O) groups excluding carboxylic acids is 1. The maximum absolute atomic E-state index is 12.6. The third-order valence-corrected chi connectivity index (χ3v) is 5.32. The highest BCUT2D eigenvalue weighted by molar-refractivity contribution is 7.13. The van der Waals surface area contributed by atoms with Gasteiger partial charge in [0.15, 0.2) is 5.82 Å². The molecule has 0 spiro atoms. The number of thiophene rings is 1. The van der Waals surface area contributed by atoms with Crippen LogP contribution in [0.25, 0.3) is 33.1 Å². The zero-order valence-electron chi connectivity index (χ0n) is 15.2. The van der Waals surface area contributed by atoms with Crippen LogP contribution in [0.5, 0.6) is 0 Å². The first-order chi connectivity index (χ1) is 14.3. The summed E-state index contributed by atoms with van der Waals surface area (Å²) in [5.74, 6) is 1.15. The van der Waals surface area contributed by atoms with E-state index >= 15 is 0 Å². The molecule has 0 aliphatic rings. The molecule has 0 atom stereocenters. The average Bonchev–Trinajstić information content (AvgIpc) is 3.44. The summed E-state index contributed by atoms with van der Waals surface area (Å²) < 4.78 is 0. The van der Waals surface area contributed by atoms with E-state index in [-0.39, 0.29) is 5.91 Å². The number of fused-ring (bicyclic) bond motifs is 1. The molecule has 3 aromatic heterocycles. The Balaban J connectivity index is 1.35. The zero-order chi connectivity index (χ0) is 19.6. The Kier molecular flexibility index (Phi) is 4.34. The number of hydrogen-bond acceptors (Lipinski definition) is 5. The minimum atomic E-state index is -0.262. The fraction of sp³-hybridized carbons (Fsp3) is 0. The van der Waals surface area contributed by atoms with Gasteiger partial charge in [0.2, 0.25) is 0 Å². The average molecular weight is 397 g/mol. The molecule has 0 fully saturated rings. The number of rotatable bonds is 4. The van der Waals surface area contributed by atoms with Crippen LogP contribution in [0.2, 0.25) is 0 Å². The lowest BCUT2D eigenvalue weighted by molar-refractivity contribution is 0.102. The molecule has 5 aromatic rings. The van der Waals surface area contributed by atoms with E-state index in [0.717, 1.165) is 27.3 Å². The van der Waals surface area contributed by atoms with Crippen LogP contribution in [-0.2, 0) is 0 Å². The van der Waals surface area contributed by atoms with Crippen molar-refractivity contribution in [1.82, 2.24) is 19.9 Å². The Bertz CT molecular complexity index is 1280. The van der Waals surface area contributed by atoms with Crippen molar-refractivity contribution in [2.45, 2.75) is 0 Å². The highest BCUT2D eigenvalue weighted by Crippen LogP contribution is 2.26. The molecule has 5 rings (SSSR count). The summed E-state index contributed by atoms with van der Waals surface area (Å²) in [6, 6.07) is 19.2. The Morgan fingerprint density at radius 2 is 1.79 bits per heavy atom. The fourth-order valence-corrected chi connectivity index (χ4v) is 3.67. The van der Waals surface area contributed by atoms with E-state index in [0.29, 0.717) is 17.1 Å². The largest absolute Gasteiger partial charge is 0.337 e. The van der Waals surface area contributed by atoms with Gasteiger partial charge in [-0.2, -0.15) is 0 Å². The van der Waals surface area contributed by atoms with E-state index in [4.69, 9.17) is 0 Å². The molecule has 0 radical (unpaired) electrons. The number of carbonyl (C=O) groups is 1. The molecule has 0 bridgehead atoms. The van der Waals surface area contributed by atoms with Crippen LogP contribution in [0.1, 0.15) is 10.4 Å². The lowest BCUT2D eigenvalue weighted by Gasteiger charge is -2.05. The topological polar surface area (TPSA) is 83.6 Å². The molecular formula is C22H15N5OS. The third-order valence-electron chi connectivity index (χ3n) is 4.44. The monoisotopic (exact) mass is 397 g/mol. The standard InChI is InChI=1S/C22H15N5OS/c28-22(15-12-23-20(24-13-15)14-5-2-1-3-6-14)25-16-8-9-17-18(11-16)27-21(26-17)19-7-4-10-29-19/h1-13H,(H,25,28)(H,26,27). The number of nitrogens with zero attached hydrogens (tertiary/aromatic N) is 3. The number of nitrogens with one attached hydrogen (secondary N) is 2. The number of hydrogen-bond donors (Lipinski definition) is 2. The summed E-state index contributed by atoms with van der Waals surface area (Å²) in [4.78, 5) is 30.2. The molecule has 2 aromatic carbocycles. The number of benzene rings is 2. The van der Waals surface area contributed by atoms with Gasteiger partial charge >= 0.3 is 0 Å². The van der Waals surface area contributed by atoms with Gasteiger partial charge in [-0.3, -0.25) is 4.79 Å². The van der Waals surface area contributed by atoms with Crippen LogP contribution in [0, 0.1) is 0 Å². The van der Waals surface area contributed by atoms with Gasteiger partial charge in [-0.15, -0.1) is 11.3 Å². The smallest absolute Gasteiger partial charge is 0.258 e. The Morgan fingerprint density at radius 3 is 2.55 bits per heavy atom. The lowest BCUT2D eigenvalue weighted by atomic mass is 10.2. The molecule has 6 nitrogen and oxygen atoms in total. The predicted molar refractivity (Wildman–Crippen MR) is 115 cm³/mol. The van der Waals surface area contributed by atoms with Gasteiger partial charge < -0.3 is 10.3 Å². The van der Waals surface area contributed by atoms with Crippen LogP contribution in [0.4, 0.5) is 5.69 Å². The number of imidazole rings is 1. The summed E-state index contributed by atoms with van der Waals surface area (Å²) in [7, 11) is 0. The van der Waals surface area contributed by atoms with Crippen LogP contribution < -0.4 is 5.32 Å². The van der Waals surface area contributed by atoms with Crippen molar-refractivity contribution in [2.24, 2.45) is 0 Å². The second-order valence-electron chi connectivity index (χ2n) is 6.41. The van der Waals surface area contributed by atoms with Crippen molar-refractivity contribution in [1.29, 1.82) is 0 Å². The van der Waals surface area contributed by atoms with Crippen molar-refractivity contribution >= 4 is 34.0 Å². The van der Waals surface area contributed by atoms with Crippen molar-refractivity contribution in [3.05, 3.63) is 84.0 Å². The summed E-state index contributed by atoms with van der Waals surface area (Å²) >= 11 is 1.63. The van der Waals surface area contributed by atoms with Crippen molar-refractivity contribution in [3.63, 3.8) is 0 Å². The first-order valence-electron chi connectivity index (χ1n) is 8.99. The molecule has 3 heterocycles. The van der Waals surface area contributed by atoms with Gasteiger partial charge in [0.05, 0.1) is 21.5 Å². The molecule has 0 saturated heterocycles. The van der Waals surface area contributed by atoms with E-state index in [1.807, 2.05) is 66.0 Å². The molecular weight excluding hydrogens is 382 g/mol. The summed E-state index contributed by atoms with van der Waals surface area (Å²) in [6.07, 6.45) is 3.07. The first kappa shape index (κ1) is 17.3. The number of H-pyrrole nitrogens is 1. The molecule has 7 heteroatoms. The van der Waals surface area contributed by atoms with Crippen molar-refractivity contribution < 1.29 is 4.79 Å². The normalized spacial score (nSPS) is 10.9. The summed E-state index contributed by atoms with van der Waals surface area (Å²) in [5.41, 5.74) is 3.69. The number of amides is 1. The van der Waals surface area contributed by atoms with E-state index in [2.05, 4.69) is 25.3 Å². The molecule has 29 heavy (non-hydrogen) atoms. The van der Waals surface area contributed by atoms with Crippen molar-refractivity contribution in [3.8, 4) is 22.1 Å². The van der Waals surface area contributed by atoms with Gasteiger partial charge in [0, 0.05) is 23.6 Å². The molecule has 140 valence electrons. The molecule has 1 amide bonds. The molecule has 0 aliphatic carbocycles. The van der Waals surface area contributed by atoms with E-state index in [9.17, 15) is 4.79 Å². The minimum Gasteiger partial charge on any atom is -0.337 e. The van der Waals surface area contributed by atoms with Crippen molar-refractivity contribution in [2.75, 3.05) is 5.32 Å². The first-order valence-corrected chi connectivity index (χ1v) is 9.87. The van der Waals surface area contributed by atoms with Gasteiger partial charge in [-0.25, -0.2) is 15.0 Å². The van der Waals surface area contributed by atoms with Gasteiger partial charge in [0.25, 0.3) is 5.91 Å². The fourth-order valence-electron chi connectivity index (χ4n) is 3.00. The lowest BCUT2D eigenvalue weighted by Crippen LogP contribution is -2.12. The van der Waals surface area contributed by atoms with E-state index in [1.54, 1.807) is 11.3 Å². The predicted octanol–water partition coefficient (Wildman–Crippen LogP) is 5.00. The second kappa shape index (κ2) is 7.29. The minimum absolute atomic E-state index is 0.262. The zero-order valence-corrected chi connectivity index (χ0v) is 16.0. The SMILES string of the molecule is O=C(Nc1ccc2nc(-c3cccs3)[nH]c2c1)c1cnc(-c2ccccc2)nc1.